The average Bonchev–Trinajstić information content (AvgIpc) is 2.51. The number of aliphatic hydroxyl groups excluding tert-OH is 5. The maximum Gasteiger partial charge on any atom is 0.234 e. The van der Waals surface area contributed by atoms with Gasteiger partial charge >= 0.3 is 0 Å². The summed E-state index contributed by atoms with van der Waals surface area (Å²) in [5, 5.41) is 46.2. The SMILES string of the molecule is O=C(C(=O)[C@H](O)[C@@H](O)[C@H](O)[C@H](O)CO)c1ccccc1. The third kappa shape index (κ3) is 3.69. The van der Waals surface area contributed by atoms with Crippen LogP contribution >= 0.6 is 0 Å². The molecule has 0 aromatic heterocycles. The smallest absolute Gasteiger partial charge is 0.234 e. The van der Waals surface area contributed by atoms with E-state index in [1.165, 1.54) is 24.3 Å². The van der Waals surface area contributed by atoms with E-state index in [0.29, 0.717) is 0 Å². The molecule has 0 heterocycles. The summed E-state index contributed by atoms with van der Waals surface area (Å²) < 4.78 is 0. The summed E-state index contributed by atoms with van der Waals surface area (Å²) in [5.74, 6) is -2.34. The molecular weight excluding hydrogens is 268 g/mol. The maximum atomic E-state index is 11.7. The Morgan fingerprint density at radius 1 is 0.950 bits per heavy atom. The van der Waals surface area contributed by atoms with Gasteiger partial charge in [0.15, 0.2) is 0 Å². The fourth-order valence-electron chi connectivity index (χ4n) is 1.54. The molecule has 0 fully saturated rings. The van der Waals surface area contributed by atoms with E-state index in [1.54, 1.807) is 6.07 Å². The fraction of sp³-hybridized carbons (Fsp3) is 0.385. The van der Waals surface area contributed by atoms with Crippen LogP contribution in [-0.2, 0) is 4.79 Å². The highest BCUT2D eigenvalue weighted by atomic mass is 16.4. The highest BCUT2D eigenvalue weighted by molar-refractivity contribution is 6.45. The van der Waals surface area contributed by atoms with E-state index in [1.807, 2.05) is 0 Å². The molecule has 0 amide bonds. The molecule has 0 bridgehead atoms. The van der Waals surface area contributed by atoms with Gasteiger partial charge in [0.1, 0.15) is 24.4 Å². The molecule has 20 heavy (non-hydrogen) atoms. The van der Waals surface area contributed by atoms with Gasteiger partial charge < -0.3 is 25.5 Å². The lowest BCUT2D eigenvalue weighted by molar-refractivity contribution is -0.142. The summed E-state index contributed by atoms with van der Waals surface area (Å²) in [6.45, 7) is -0.869. The van der Waals surface area contributed by atoms with Crippen molar-refractivity contribution in [3.8, 4) is 0 Å². The molecule has 7 heteroatoms. The van der Waals surface area contributed by atoms with E-state index < -0.39 is 42.6 Å². The Morgan fingerprint density at radius 3 is 2.00 bits per heavy atom. The molecule has 5 N–H and O–H groups in total. The summed E-state index contributed by atoms with van der Waals surface area (Å²) in [6, 6.07) is 7.39. The quantitative estimate of drug-likeness (QED) is 0.285. The van der Waals surface area contributed by atoms with Crippen LogP contribution in [0.15, 0.2) is 30.3 Å². The number of rotatable bonds is 7. The third-order valence-corrected chi connectivity index (χ3v) is 2.78. The lowest BCUT2D eigenvalue weighted by Gasteiger charge is -2.24. The van der Waals surface area contributed by atoms with Crippen molar-refractivity contribution in [2.45, 2.75) is 24.4 Å². The van der Waals surface area contributed by atoms with Crippen LogP contribution in [0.1, 0.15) is 10.4 Å². The lowest BCUT2D eigenvalue weighted by atomic mass is 9.96. The Morgan fingerprint density at radius 2 is 1.50 bits per heavy atom. The Hall–Kier alpha value is -1.64. The first kappa shape index (κ1) is 16.4. The number of benzene rings is 1. The van der Waals surface area contributed by atoms with Gasteiger partial charge in [-0.3, -0.25) is 9.59 Å². The molecule has 0 radical (unpaired) electrons. The van der Waals surface area contributed by atoms with Crippen molar-refractivity contribution in [1.82, 2.24) is 0 Å². The molecule has 0 aliphatic rings. The molecule has 0 aliphatic heterocycles. The zero-order valence-electron chi connectivity index (χ0n) is 10.5. The Balaban J connectivity index is 2.79. The second kappa shape index (κ2) is 7.22. The van der Waals surface area contributed by atoms with Gasteiger partial charge in [-0.05, 0) is 0 Å². The number of hydrogen-bond acceptors (Lipinski definition) is 7. The van der Waals surface area contributed by atoms with Gasteiger partial charge in [-0.15, -0.1) is 0 Å². The van der Waals surface area contributed by atoms with Crippen molar-refractivity contribution in [1.29, 1.82) is 0 Å². The van der Waals surface area contributed by atoms with Gasteiger partial charge in [-0.1, -0.05) is 30.3 Å². The summed E-state index contributed by atoms with van der Waals surface area (Å²) in [5.41, 5.74) is 0.0287. The number of hydrogen-bond donors (Lipinski definition) is 5. The highest BCUT2D eigenvalue weighted by Crippen LogP contribution is 2.09. The van der Waals surface area contributed by atoms with Gasteiger partial charge in [0, 0.05) is 5.56 Å². The topological polar surface area (TPSA) is 135 Å². The van der Waals surface area contributed by atoms with Crippen LogP contribution in [0.3, 0.4) is 0 Å². The molecule has 0 saturated heterocycles. The van der Waals surface area contributed by atoms with E-state index in [2.05, 4.69) is 0 Å². The number of Topliss-reactive ketones (excluding diaryl/α,β-unsaturated/α-hetero) is 2. The van der Waals surface area contributed by atoms with Crippen molar-refractivity contribution < 1.29 is 35.1 Å². The minimum atomic E-state index is -2.20. The van der Waals surface area contributed by atoms with Crippen LogP contribution < -0.4 is 0 Å². The van der Waals surface area contributed by atoms with Crippen LogP contribution in [0.4, 0.5) is 0 Å². The van der Waals surface area contributed by atoms with Crippen LogP contribution in [-0.4, -0.2) is 68.1 Å². The summed E-state index contributed by atoms with van der Waals surface area (Å²) in [7, 11) is 0. The average molecular weight is 284 g/mol. The monoisotopic (exact) mass is 284 g/mol. The first-order valence-corrected chi connectivity index (χ1v) is 5.86. The van der Waals surface area contributed by atoms with Gasteiger partial charge in [0.25, 0.3) is 0 Å². The van der Waals surface area contributed by atoms with Crippen LogP contribution in [0.25, 0.3) is 0 Å². The molecule has 7 nitrogen and oxygen atoms in total. The molecule has 0 aliphatic carbocycles. The molecule has 4 atom stereocenters. The number of aliphatic hydroxyl groups is 5. The summed E-state index contributed by atoms with van der Waals surface area (Å²) >= 11 is 0. The van der Waals surface area contributed by atoms with E-state index in [-0.39, 0.29) is 5.56 Å². The van der Waals surface area contributed by atoms with Crippen molar-refractivity contribution in [3.63, 3.8) is 0 Å². The summed E-state index contributed by atoms with van der Waals surface area (Å²) in [4.78, 5) is 23.4. The number of carbonyl (C=O) groups is 2. The second-order valence-electron chi connectivity index (χ2n) is 4.24. The van der Waals surface area contributed by atoms with E-state index in [0.717, 1.165) is 0 Å². The highest BCUT2D eigenvalue weighted by Gasteiger charge is 2.36. The van der Waals surface area contributed by atoms with Crippen LogP contribution in [0, 0.1) is 0 Å². The van der Waals surface area contributed by atoms with E-state index >= 15 is 0 Å². The number of ketones is 2. The molecule has 0 saturated carbocycles. The van der Waals surface area contributed by atoms with Crippen LogP contribution in [0.2, 0.25) is 0 Å². The van der Waals surface area contributed by atoms with E-state index in [9.17, 15) is 24.9 Å². The molecular formula is C13H16O7. The molecule has 0 spiro atoms. The second-order valence-corrected chi connectivity index (χ2v) is 4.24. The van der Waals surface area contributed by atoms with Crippen molar-refractivity contribution in [2.24, 2.45) is 0 Å². The van der Waals surface area contributed by atoms with Crippen molar-refractivity contribution in [2.75, 3.05) is 6.61 Å². The Kier molecular flexibility index (Phi) is 5.93. The first-order valence-electron chi connectivity index (χ1n) is 5.86. The first-order chi connectivity index (χ1) is 9.40. The third-order valence-electron chi connectivity index (χ3n) is 2.78. The maximum absolute atomic E-state index is 11.7. The zero-order valence-corrected chi connectivity index (χ0v) is 10.5. The normalized spacial score (nSPS) is 17.1. The Labute approximate surface area is 114 Å². The Bertz CT molecular complexity index is 459. The molecule has 110 valence electrons. The van der Waals surface area contributed by atoms with Gasteiger partial charge in [0.05, 0.1) is 6.61 Å². The van der Waals surface area contributed by atoms with Gasteiger partial charge in [-0.25, -0.2) is 0 Å². The minimum Gasteiger partial charge on any atom is -0.394 e. The molecule has 1 rings (SSSR count). The van der Waals surface area contributed by atoms with Crippen molar-refractivity contribution in [3.05, 3.63) is 35.9 Å². The van der Waals surface area contributed by atoms with Crippen molar-refractivity contribution >= 4 is 11.6 Å². The summed E-state index contributed by atoms with van der Waals surface area (Å²) in [6.07, 6.45) is -7.97. The van der Waals surface area contributed by atoms with E-state index in [4.69, 9.17) is 10.2 Å². The van der Waals surface area contributed by atoms with Gasteiger partial charge in [0.2, 0.25) is 11.6 Å². The fourth-order valence-corrected chi connectivity index (χ4v) is 1.54. The zero-order chi connectivity index (χ0) is 15.3. The molecule has 1 aromatic rings. The number of carbonyl (C=O) groups excluding carboxylic acids is 2. The lowest BCUT2D eigenvalue weighted by Crippen LogP contribution is -2.50. The van der Waals surface area contributed by atoms with Crippen LogP contribution in [0.5, 0.6) is 0 Å². The van der Waals surface area contributed by atoms with Gasteiger partial charge in [-0.2, -0.15) is 0 Å². The molecule has 0 unspecified atom stereocenters. The minimum absolute atomic E-state index is 0.0287. The predicted octanol–water partition coefficient (Wildman–Crippen LogP) is -2.13. The predicted molar refractivity (Wildman–Crippen MR) is 66.9 cm³/mol. The largest absolute Gasteiger partial charge is 0.394 e. The molecule has 1 aromatic carbocycles. The standard InChI is InChI=1S/C13H16O7/c14-6-8(15)10(17)12(19)13(20)11(18)9(16)7-4-2-1-3-5-7/h1-5,8,10,12-15,17,19-20H,6H2/t8-,10-,12+,13+/m1/s1.